The molecule has 49 heavy (non-hydrogen) atoms. The van der Waals surface area contributed by atoms with Crippen LogP contribution in [0.15, 0.2) is 138 Å². The molecule has 0 saturated carbocycles. The number of hydrogen-bond donors (Lipinski definition) is 0. The van der Waals surface area contributed by atoms with E-state index in [9.17, 15) is 0 Å². The quantitative estimate of drug-likeness (QED) is 0.176. The Morgan fingerprint density at radius 2 is 1.29 bits per heavy atom. The van der Waals surface area contributed by atoms with E-state index in [4.69, 9.17) is 14.4 Å². The second kappa shape index (κ2) is 9.62. The zero-order chi connectivity index (χ0) is 32.4. The van der Waals surface area contributed by atoms with Gasteiger partial charge in [0, 0.05) is 64.5 Å². The van der Waals surface area contributed by atoms with Crippen LogP contribution >= 0.6 is 11.3 Å². The summed E-state index contributed by atoms with van der Waals surface area (Å²) in [6.45, 7) is 4.69. The van der Waals surface area contributed by atoms with Gasteiger partial charge in [-0.1, -0.05) is 105 Å². The van der Waals surface area contributed by atoms with Crippen molar-refractivity contribution in [2.75, 3.05) is 0 Å². The van der Waals surface area contributed by atoms with Gasteiger partial charge in [-0.05, 0) is 64.2 Å². The summed E-state index contributed by atoms with van der Waals surface area (Å²) in [6, 6.07) is 45.9. The SMILES string of the molecule is CC1(C)c2ccccc2-c2c1cc(-c1cccc3sc4cccc(-c5ccc6ccc7cccnc7c6n5)c4c13)c1c2oc2ccccc21. The van der Waals surface area contributed by atoms with Gasteiger partial charge in [-0.15, -0.1) is 11.3 Å². The summed E-state index contributed by atoms with van der Waals surface area (Å²) in [7, 11) is 0. The molecule has 1 aliphatic rings. The Bertz CT molecular complexity index is 3040. The number of nitrogens with zero attached hydrogens (tertiary/aromatic N) is 2. The number of thiophene rings is 1. The van der Waals surface area contributed by atoms with Crippen molar-refractivity contribution in [2.24, 2.45) is 0 Å². The smallest absolute Gasteiger partial charge is 0.144 e. The van der Waals surface area contributed by atoms with E-state index in [0.717, 1.165) is 49.6 Å². The third kappa shape index (κ3) is 3.61. The first-order valence-electron chi connectivity index (χ1n) is 16.7. The summed E-state index contributed by atoms with van der Waals surface area (Å²) < 4.78 is 9.36. The zero-order valence-electron chi connectivity index (χ0n) is 26.9. The first-order chi connectivity index (χ1) is 24.1. The molecule has 4 heterocycles. The monoisotopic (exact) mass is 644 g/mol. The summed E-state index contributed by atoms with van der Waals surface area (Å²) in [5.74, 6) is 0. The molecule has 0 unspecified atom stereocenters. The van der Waals surface area contributed by atoms with Gasteiger partial charge in [-0.2, -0.15) is 0 Å². The van der Waals surface area contributed by atoms with Crippen LogP contribution in [0.4, 0.5) is 0 Å². The number of rotatable bonds is 2. The van der Waals surface area contributed by atoms with E-state index in [0.29, 0.717) is 0 Å². The maximum atomic E-state index is 6.84. The van der Waals surface area contributed by atoms with Crippen molar-refractivity contribution in [2.45, 2.75) is 19.3 Å². The van der Waals surface area contributed by atoms with Crippen LogP contribution in [0.2, 0.25) is 0 Å². The van der Waals surface area contributed by atoms with E-state index in [1.807, 2.05) is 23.6 Å². The summed E-state index contributed by atoms with van der Waals surface area (Å²) in [6.07, 6.45) is 1.85. The molecule has 0 amide bonds. The Kier molecular flexibility index (Phi) is 5.33. The molecular formula is C45H28N2OS. The molecule has 1 aliphatic carbocycles. The van der Waals surface area contributed by atoms with Crippen LogP contribution in [-0.4, -0.2) is 9.97 Å². The summed E-state index contributed by atoms with van der Waals surface area (Å²) in [5.41, 5.74) is 13.2. The Balaban J connectivity index is 1.26. The molecular weight excluding hydrogens is 617 g/mol. The predicted molar refractivity (Wildman–Crippen MR) is 206 cm³/mol. The molecule has 0 radical (unpaired) electrons. The zero-order valence-corrected chi connectivity index (χ0v) is 27.7. The van der Waals surface area contributed by atoms with Gasteiger partial charge in [0.25, 0.3) is 0 Å². The molecule has 0 bridgehead atoms. The molecule has 0 fully saturated rings. The first-order valence-corrected chi connectivity index (χ1v) is 17.6. The van der Waals surface area contributed by atoms with Crippen molar-refractivity contribution >= 4 is 75.3 Å². The summed E-state index contributed by atoms with van der Waals surface area (Å²) >= 11 is 1.85. The maximum absolute atomic E-state index is 6.84. The normalized spacial score (nSPS) is 13.7. The van der Waals surface area contributed by atoms with Crippen molar-refractivity contribution in [3.8, 4) is 33.5 Å². The van der Waals surface area contributed by atoms with Crippen LogP contribution < -0.4 is 0 Å². The van der Waals surface area contributed by atoms with E-state index in [1.165, 1.54) is 58.9 Å². The second-order valence-electron chi connectivity index (χ2n) is 13.7. The summed E-state index contributed by atoms with van der Waals surface area (Å²) in [4.78, 5) is 10.0. The molecule has 0 atom stereocenters. The lowest BCUT2D eigenvalue weighted by atomic mass is 9.80. The van der Waals surface area contributed by atoms with Gasteiger partial charge < -0.3 is 4.42 Å². The third-order valence-electron chi connectivity index (χ3n) is 10.7. The molecule has 11 rings (SSSR count). The predicted octanol–water partition coefficient (Wildman–Crippen LogP) is 12.7. The fourth-order valence-corrected chi connectivity index (χ4v) is 9.60. The highest BCUT2D eigenvalue weighted by molar-refractivity contribution is 7.26. The van der Waals surface area contributed by atoms with Crippen LogP contribution in [0, 0.1) is 0 Å². The number of pyridine rings is 2. The van der Waals surface area contributed by atoms with Gasteiger partial charge in [-0.3, -0.25) is 4.98 Å². The lowest BCUT2D eigenvalue weighted by Gasteiger charge is -2.22. The second-order valence-corrected chi connectivity index (χ2v) is 14.8. The number of furan rings is 1. The number of para-hydroxylation sites is 1. The van der Waals surface area contributed by atoms with Crippen molar-refractivity contribution in [3.05, 3.63) is 145 Å². The topological polar surface area (TPSA) is 38.9 Å². The average molecular weight is 645 g/mol. The Morgan fingerprint density at radius 3 is 2.16 bits per heavy atom. The van der Waals surface area contributed by atoms with Gasteiger partial charge in [0.05, 0.1) is 16.7 Å². The minimum Gasteiger partial charge on any atom is -0.455 e. The summed E-state index contributed by atoms with van der Waals surface area (Å²) in [5, 5.41) is 7.00. The van der Waals surface area contributed by atoms with Crippen LogP contribution in [0.25, 0.3) is 97.4 Å². The number of fused-ring (bicyclic) bond motifs is 13. The van der Waals surface area contributed by atoms with Gasteiger partial charge in [0.2, 0.25) is 0 Å². The fourth-order valence-electron chi connectivity index (χ4n) is 8.44. The van der Waals surface area contributed by atoms with Gasteiger partial charge in [-0.25, -0.2) is 4.98 Å². The minimum atomic E-state index is -0.171. The Labute approximate surface area is 286 Å². The van der Waals surface area contributed by atoms with E-state index >= 15 is 0 Å². The highest BCUT2D eigenvalue weighted by Crippen LogP contribution is 2.56. The number of aromatic nitrogens is 2. The van der Waals surface area contributed by atoms with Gasteiger partial charge >= 0.3 is 0 Å². The fraction of sp³-hybridized carbons (Fsp3) is 0.0667. The van der Waals surface area contributed by atoms with Crippen LogP contribution in [0.3, 0.4) is 0 Å². The largest absolute Gasteiger partial charge is 0.455 e. The van der Waals surface area contributed by atoms with Crippen LogP contribution in [0.1, 0.15) is 25.0 Å². The molecule has 0 aliphatic heterocycles. The number of benzene rings is 6. The van der Waals surface area contributed by atoms with Gasteiger partial charge in [0.15, 0.2) is 0 Å². The van der Waals surface area contributed by atoms with E-state index in [2.05, 4.69) is 135 Å². The average Bonchev–Trinajstić information content (AvgIpc) is 3.79. The van der Waals surface area contributed by atoms with Crippen molar-refractivity contribution in [1.29, 1.82) is 0 Å². The highest BCUT2D eigenvalue weighted by atomic mass is 32.1. The molecule has 3 nitrogen and oxygen atoms in total. The highest BCUT2D eigenvalue weighted by Gasteiger charge is 2.38. The molecule has 0 N–H and O–H groups in total. The van der Waals surface area contributed by atoms with Crippen molar-refractivity contribution in [3.63, 3.8) is 0 Å². The van der Waals surface area contributed by atoms with Crippen molar-refractivity contribution in [1.82, 2.24) is 9.97 Å². The molecule has 6 aromatic carbocycles. The van der Waals surface area contributed by atoms with Gasteiger partial charge in [0.1, 0.15) is 11.2 Å². The molecule has 4 aromatic heterocycles. The van der Waals surface area contributed by atoms with E-state index < -0.39 is 0 Å². The molecule has 10 aromatic rings. The lowest BCUT2D eigenvalue weighted by Crippen LogP contribution is -2.15. The number of hydrogen-bond acceptors (Lipinski definition) is 4. The van der Waals surface area contributed by atoms with Crippen molar-refractivity contribution < 1.29 is 4.42 Å². The molecule has 4 heteroatoms. The standard InChI is InChI=1S/C45H28N2OS/c1-45(2)32-15-5-3-11-28(32)39-33(45)24-31(38-30-12-4-6-16-35(30)48-44(38)39)27-13-7-17-36-40(27)41-29(14-8-18-37(41)49-36)34-22-21-26-20-19-25-10-9-23-46-42(25)43(26)47-34/h3-24H,1-2H3. The lowest BCUT2D eigenvalue weighted by molar-refractivity contribution is 0.653. The van der Waals surface area contributed by atoms with Crippen LogP contribution in [-0.2, 0) is 5.41 Å². The molecule has 230 valence electrons. The van der Waals surface area contributed by atoms with E-state index in [1.54, 1.807) is 0 Å². The molecule has 0 spiro atoms. The first kappa shape index (κ1) is 27.1. The van der Waals surface area contributed by atoms with Crippen LogP contribution in [0.5, 0.6) is 0 Å². The molecule has 0 saturated heterocycles. The Hall–Kier alpha value is -5.84. The maximum Gasteiger partial charge on any atom is 0.144 e. The Morgan fingerprint density at radius 1 is 0.571 bits per heavy atom. The van der Waals surface area contributed by atoms with E-state index in [-0.39, 0.29) is 5.41 Å². The third-order valence-corrected chi connectivity index (χ3v) is 11.8. The minimum absolute atomic E-state index is 0.171.